The molecule has 0 heterocycles. The lowest BCUT2D eigenvalue weighted by atomic mass is 10.1. The summed E-state index contributed by atoms with van der Waals surface area (Å²) in [7, 11) is 0. The average molecular weight is 297 g/mol. The number of anilines is 1. The lowest BCUT2D eigenvalue weighted by molar-refractivity contribution is 0.459. The number of hydrogen-bond donors (Lipinski definition) is 2. The SMILES string of the molecule is Nc1cc(Br)ccc1CNC1CCCCCC1. The minimum atomic E-state index is 0.681. The van der Waals surface area contributed by atoms with E-state index < -0.39 is 0 Å². The van der Waals surface area contributed by atoms with Crippen LogP contribution in [-0.4, -0.2) is 6.04 Å². The molecule has 0 bridgehead atoms. The number of benzene rings is 1. The third-order valence-corrected chi connectivity index (χ3v) is 4.04. The fraction of sp³-hybridized carbons (Fsp3) is 0.571. The van der Waals surface area contributed by atoms with Gasteiger partial charge in [0.05, 0.1) is 0 Å². The molecule has 1 aromatic carbocycles. The summed E-state index contributed by atoms with van der Waals surface area (Å²) in [4.78, 5) is 0. The van der Waals surface area contributed by atoms with E-state index in [0.29, 0.717) is 6.04 Å². The second-order valence-corrected chi connectivity index (χ2v) is 5.83. The molecule has 1 aliphatic rings. The summed E-state index contributed by atoms with van der Waals surface area (Å²) in [5.74, 6) is 0. The van der Waals surface area contributed by atoms with Crippen LogP contribution in [0.3, 0.4) is 0 Å². The molecule has 0 amide bonds. The zero-order chi connectivity index (χ0) is 12.1. The Kier molecular flexibility index (Phi) is 4.86. The summed E-state index contributed by atoms with van der Waals surface area (Å²) in [6.07, 6.45) is 8.17. The van der Waals surface area contributed by atoms with Crippen LogP contribution in [0.1, 0.15) is 44.1 Å². The van der Waals surface area contributed by atoms with Crippen LogP contribution in [0, 0.1) is 0 Å². The first-order chi connectivity index (χ1) is 8.25. The molecular weight excluding hydrogens is 276 g/mol. The minimum absolute atomic E-state index is 0.681. The van der Waals surface area contributed by atoms with Crippen LogP contribution in [0.15, 0.2) is 22.7 Å². The molecule has 0 spiro atoms. The average Bonchev–Trinajstić information content (AvgIpc) is 2.56. The standard InChI is InChI=1S/C14H21BrN2/c15-12-8-7-11(14(16)9-12)10-17-13-5-3-1-2-4-6-13/h7-9,13,17H,1-6,10,16H2. The van der Waals surface area contributed by atoms with Crippen LogP contribution in [0.5, 0.6) is 0 Å². The van der Waals surface area contributed by atoms with Gasteiger partial charge in [-0.15, -0.1) is 0 Å². The van der Waals surface area contributed by atoms with Crippen LogP contribution in [0.4, 0.5) is 5.69 Å². The largest absolute Gasteiger partial charge is 0.398 e. The highest BCUT2D eigenvalue weighted by atomic mass is 79.9. The van der Waals surface area contributed by atoms with Gasteiger partial charge in [0.15, 0.2) is 0 Å². The number of nitrogen functional groups attached to an aromatic ring is 1. The highest BCUT2D eigenvalue weighted by Crippen LogP contribution is 2.20. The first-order valence-corrected chi connectivity index (χ1v) is 7.32. The van der Waals surface area contributed by atoms with Gasteiger partial charge in [-0.1, -0.05) is 47.7 Å². The van der Waals surface area contributed by atoms with Crippen LogP contribution in [0.25, 0.3) is 0 Å². The van der Waals surface area contributed by atoms with E-state index in [2.05, 4.69) is 33.4 Å². The van der Waals surface area contributed by atoms with Crippen molar-refractivity contribution in [2.24, 2.45) is 0 Å². The fourth-order valence-corrected chi connectivity index (χ4v) is 2.84. The first kappa shape index (κ1) is 12.9. The molecule has 0 aliphatic heterocycles. The van der Waals surface area contributed by atoms with E-state index in [0.717, 1.165) is 16.7 Å². The van der Waals surface area contributed by atoms with Crippen molar-refractivity contribution in [3.8, 4) is 0 Å². The zero-order valence-electron chi connectivity index (χ0n) is 10.2. The molecule has 0 atom stereocenters. The van der Waals surface area contributed by atoms with Crippen molar-refractivity contribution in [3.63, 3.8) is 0 Å². The topological polar surface area (TPSA) is 38.0 Å². The molecule has 0 aromatic heterocycles. The van der Waals surface area contributed by atoms with Crippen LogP contribution in [-0.2, 0) is 6.54 Å². The number of rotatable bonds is 3. The summed E-state index contributed by atoms with van der Waals surface area (Å²) in [6, 6.07) is 6.81. The van der Waals surface area contributed by atoms with Gasteiger partial charge in [-0.05, 0) is 30.5 Å². The van der Waals surface area contributed by atoms with Gasteiger partial charge >= 0.3 is 0 Å². The van der Waals surface area contributed by atoms with Crippen LogP contribution in [0.2, 0.25) is 0 Å². The Hall–Kier alpha value is -0.540. The quantitative estimate of drug-likeness (QED) is 0.657. The molecule has 94 valence electrons. The molecular formula is C14H21BrN2. The third kappa shape index (κ3) is 4.00. The van der Waals surface area contributed by atoms with Gasteiger partial charge in [0.1, 0.15) is 0 Å². The Balaban J connectivity index is 1.88. The first-order valence-electron chi connectivity index (χ1n) is 6.53. The summed E-state index contributed by atoms with van der Waals surface area (Å²) < 4.78 is 1.05. The molecule has 3 N–H and O–H groups in total. The molecule has 1 saturated carbocycles. The normalized spacial score (nSPS) is 17.9. The van der Waals surface area contributed by atoms with E-state index >= 15 is 0 Å². The Labute approximate surface area is 112 Å². The smallest absolute Gasteiger partial charge is 0.0370 e. The van der Waals surface area contributed by atoms with Crippen molar-refractivity contribution in [1.29, 1.82) is 0 Å². The van der Waals surface area contributed by atoms with Gasteiger partial charge in [-0.3, -0.25) is 0 Å². The van der Waals surface area contributed by atoms with Gasteiger partial charge in [0.2, 0.25) is 0 Å². The molecule has 1 aromatic rings. The summed E-state index contributed by atoms with van der Waals surface area (Å²) >= 11 is 3.43. The third-order valence-electron chi connectivity index (χ3n) is 3.54. The maximum Gasteiger partial charge on any atom is 0.0370 e. The van der Waals surface area contributed by atoms with E-state index in [1.54, 1.807) is 0 Å². The monoisotopic (exact) mass is 296 g/mol. The summed E-state index contributed by atoms with van der Waals surface area (Å²) in [5.41, 5.74) is 8.08. The van der Waals surface area contributed by atoms with Crippen molar-refractivity contribution in [2.75, 3.05) is 5.73 Å². The highest BCUT2D eigenvalue weighted by molar-refractivity contribution is 9.10. The molecule has 1 fully saturated rings. The minimum Gasteiger partial charge on any atom is -0.398 e. The van der Waals surface area contributed by atoms with Crippen molar-refractivity contribution in [3.05, 3.63) is 28.2 Å². The Morgan fingerprint density at radius 1 is 1.18 bits per heavy atom. The lowest BCUT2D eigenvalue weighted by Gasteiger charge is -2.17. The van der Waals surface area contributed by atoms with Gasteiger partial charge in [0, 0.05) is 22.7 Å². The van der Waals surface area contributed by atoms with E-state index in [-0.39, 0.29) is 0 Å². The molecule has 3 heteroatoms. The van der Waals surface area contributed by atoms with E-state index in [1.807, 2.05) is 6.07 Å². The van der Waals surface area contributed by atoms with E-state index in [1.165, 1.54) is 44.1 Å². The zero-order valence-corrected chi connectivity index (χ0v) is 11.8. The Morgan fingerprint density at radius 2 is 1.88 bits per heavy atom. The van der Waals surface area contributed by atoms with Crippen molar-refractivity contribution < 1.29 is 0 Å². The predicted molar refractivity (Wildman–Crippen MR) is 76.9 cm³/mol. The molecule has 1 aliphatic carbocycles. The number of nitrogens with one attached hydrogen (secondary N) is 1. The van der Waals surface area contributed by atoms with Crippen molar-refractivity contribution in [2.45, 2.75) is 51.1 Å². The second-order valence-electron chi connectivity index (χ2n) is 4.91. The number of hydrogen-bond acceptors (Lipinski definition) is 2. The van der Waals surface area contributed by atoms with Crippen LogP contribution < -0.4 is 11.1 Å². The van der Waals surface area contributed by atoms with Gasteiger partial charge in [-0.2, -0.15) is 0 Å². The van der Waals surface area contributed by atoms with Crippen molar-refractivity contribution >= 4 is 21.6 Å². The van der Waals surface area contributed by atoms with E-state index in [4.69, 9.17) is 5.73 Å². The molecule has 2 nitrogen and oxygen atoms in total. The van der Waals surface area contributed by atoms with Gasteiger partial charge in [-0.25, -0.2) is 0 Å². The maximum atomic E-state index is 6.00. The Morgan fingerprint density at radius 3 is 2.53 bits per heavy atom. The fourth-order valence-electron chi connectivity index (χ4n) is 2.46. The predicted octanol–water partition coefficient (Wildman–Crippen LogP) is 3.84. The number of nitrogens with two attached hydrogens (primary N) is 1. The van der Waals surface area contributed by atoms with Crippen LogP contribution >= 0.6 is 15.9 Å². The summed E-state index contributed by atoms with van der Waals surface area (Å²) in [6.45, 7) is 0.893. The Bertz CT molecular complexity index is 357. The van der Waals surface area contributed by atoms with E-state index in [9.17, 15) is 0 Å². The molecule has 2 rings (SSSR count). The maximum absolute atomic E-state index is 6.00. The molecule has 17 heavy (non-hydrogen) atoms. The molecule has 0 unspecified atom stereocenters. The second kappa shape index (κ2) is 6.41. The molecule has 0 saturated heterocycles. The van der Waals surface area contributed by atoms with Crippen molar-refractivity contribution in [1.82, 2.24) is 5.32 Å². The molecule has 0 radical (unpaired) electrons. The summed E-state index contributed by atoms with van der Waals surface area (Å²) in [5, 5.41) is 3.64. The van der Waals surface area contributed by atoms with Gasteiger partial charge in [0.25, 0.3) is 0 Å². The highest BCUT2D eigenvalue weighted by Gasteiger charge is 2.11. The number of halogens is 1. The lowest BCUT2D eigenvalue weighted by Crippen LogP contribution is -2.28. The van der Waals surface area contributed by atoms with Gasteiger partial charge < -0.3 is 11.1 Å².